The van der Waals surface area contributed by atoms with Crippen molar-refractivity contribution in [3.63, 3.8) is 0 Å². The maximum Gasteiger partial charge on any atom is 0.251 e. The molecule has 1 fully saturated rings. The van der Waals surface area contributed by atoms with E-state index in [9.17, 15) is 9.59 Å². The highest BCUT2D eigenvalue weighted by molar-refractivity contribution is 5.94. The number of carbonyl (C=O) groups excluding carboxylic acids is 2. The molecule has 0 radical (unpaired) electrons. The van der Waals surface area contributed by atoms with E-state index in [4.69, 9.17) is 0 Å². The molecule has 5 nitrogen and oxygen atoms in total. The summed E-state index contributed by atoms with van der Waals surface area (Å²) in [4.78, 5) is 26.6. The fraction of sp³-hybridized carbons (Fsp3) is 0.579. The third kappa shape index (κ3) is 5.64. The zero-order valence-corrected chi connectivity index (χ0v) is 14.6. The van der Waals surface area contributed by atoms with Gasteiger partial charge in [-0.3, -0.25) is 9.59 Å². The number of nitrogens with one attached hydrogen (secondary N) is 2. The van der Waals surface area contributed by atoms with Crippen LogP contribution in [-0.4, -0.2) is 48.9 Å². The van der Waals surface area contributed by atoms with Crippen LogP contribution in [0.25, 0.3) is 0 Å². The van der Waals surface area contributed by atoms with E-state index in [-0.39, 0.29) is 11.8 Å². The molecule has 1 aromatic rings. The predicted octanol–water partition coefficient (Wildman–Crippen LogP) is 2.19. The highest BCUT2D eigenvalue weighted by Crippen LogP contribution is 2.14. The van der Waals surface area contributed by atoms with Crippen molar-refractivity contribution in [1.29, 1.82) is 0 Å². The molecule has 0 atom stereocenters. The van der Waals surface area contributed by atoms with Crippen molar-refractivity contribution in [2.24, 2.45) is 0 Å². The normalized spacial score (nSPS) is 15.0. The molecule has 0 saturated carbocycles. The smallest absolute Gasteiger partial charge is 0.251 e. The molecule has 24 heavy (non-hydrogen) atoms. The molecule has 1 aromatic carbocycles. The van der Waals surface area contributed by atoms with Crippen molar-refractivity contribution >= 4 is 11.8 Å². The molecule has 2 amide bonds. The molecule has 0 aromatic heterocycles. The predicted molar refractivity (Wildman–Crippen MR) is 95.9 cm³/mol. The van der Waals surface area contributed by atoms with E-state index in [0.29, 0.717) is 31.0 Å². The first-order chi connectivity index (χ1) is 11.7. The van der Waals surface area contributed by atoms with Gasteiger partial charge in [0.05, 0.1) is 0 Å². The second kappa shape index (κ2) is 10.1. The van der Waals surface area contributed by atoms with Crippen LogP contribution in [-0.2, 0) is 4.79 Å². The minimum absolute atomic E-state index is 0.0770. The molecule has 2 rings (SSSR count). The van der Waals surface area contributed by atoms with Crippen molar-refractivity contribution in [3.8, 4) is 0 Å². The van der Waals surface area contributed by atoms with Crippen LogP contribution < -0.4 is 10.6 Å². The van der Waals surface area contributed by atoms with E-state index >= 15 is 0 Å². The first-order valence-corrected chi connectivity index (χ1v) is 9.05. The van der Waals surface area contributed by atoms with Crippen LogP contribution in [0.15, 0.2) is 30.3 Å². The van der Waals surface area contributed by atoms with Crippen LogP contribution >= 0.6 is 0 Å². The summed E-state index contributed by atoms with van der Waals surface area (Å²) in [5.41, 5.74) is 0.658. The van der Waals surface area contributed by atoms with E-state index in [1.54, 1.807) is 12.1 Å². The Hall–Kier alpha value is -1.88. The summed E-state index contributed by atoms with van der Waals surface area (Å²) in [5, 5.41) is 6.23. The molecule has 0 bridgehead atoms. The molecular formula is C19H29N3O2. The maximum absolute atomic E-state index is 12.5. The van der Waals surface area contributed by atoms with Gasteiger partial charge in [0.2, 0.25) is 5.91 Å². The molecule has 1 aliphatic heterocycles. The van der Waals surface area contributed by atoms with Gasteiger partial charge in [-0.2, -0.15) is 0 Å². The van der Waals surface area contributed by atoms with Crippen molar-refractivity contribution in [2.75, 3.05) is 26.2 Å². The minimum Gasteiger partial charge on any atom is -0.352 e. The second-order valence-corrected chi connectivity index (χ2v) is 6.29. The largest absolute Gasteiger partial charge is 0.352 e. The van der Waals surface area contributed by atoms with Crippen LogP contribution in [0, 0.1) is 0 Å². The van der Waals surface area contributed by atoms with Gasteiger partial charge in [-0.15, -0.1) is 0 Å². The number of carbonyl (C=O) groups is 2. The monoisotopic (exact) mass is 331 g/mol. The van der Waals surface area contributed by atoms with Gasteiger partial charge in [0, 0.05) is 31.1 Å². The Balaban J connectivity index is 1.73. The summed E-state index contributed by atoms with van der Waals surface area (Å²) in [6.07, 6.45) is 4.25. The molecule has 0 aliphatic carbocycles. The van der Waals surface area contributed by atoms with Gasteiger partial charge >= 0.3 is 0 Å². The van der Waals surface area contributed by atoms with Gasteiger partial charge < -0.3 is 15.5 Å². The van der Waals surface area contributed by atoms with Crippen molar-refractivity contribution in [3.05, 3.63) is 35.9 Å². The van der Waals surface area contributed by atoms with Crippen LogP contribution in [0.3, 0.4) is 0 Å². The number of hydrogen-bond donors (Lipinski definition) is 2. The fourth-order valence-corrected chi connectivity index (χ4v) is 3.15. The molecule has 132 valence electrons. The molecule has 5 heteroatoms. The summed E-state index contributed by atoms with van der Waals surface area (Å²) in [7, 11) is 0. The quantitative estimate of drug-likeness (QED) is 0.718. The van der Waals surface area contributed by atoms with Crippen molar-refractivity contribution < 1.29 is 9.59 Å². The lowest BCUT2D eigenvalue weighted by molar-refractivity contribution is -0.134. The number of rotatable bonds is 8. The molecule has 0 unspecified atom stereocenters. The van der Waals surface area contributed by atoms with Crippen LogP contribution in [0.5, 0.6) is 0 Å². The number of nitrogens with zero attached hydrogens (tertiary/aromatic N) is 1. The first-order valence-electron chi connectivity index (χ1n) is 9.05. The van der Waals surface area contributed by atoms with Crippen LogP contribution in [0.1, 0.15) is 49.4 Å². The summed E-state index contributed by atoms with van der Waals surface area (Å²) in [6.45, 7) is 5.46. The van der Waals surface area contributed by atoms with E-state index in [0.717, 1.165) is 38.9 Å². The number of hydrogen-bond acceptors (Lipinski definition) is 3. The molecule has 1 saturated heterocycles. The Morgan fingerprint density at radius 2 is 1.92 bits per heavy atom. The summed E-state index contributed by atoms with van der Waals surface area (Å²) >= 11 is 0. The average molecular weight is 331 g/mol. The molecule has 1 aliphatic rings. The Labute approximate surface area is 144 Å². The lowest BCUT2D eigenvalue weighted by Gasteiger charge is -2.34. The average Bonchev–Trinajstić information content (AvgIpc) is 2.64. The topological polar surface area (TPSA) is 61.4 Å². The third-order valence-electron chi connectivity index (χ3n) is 4.42. The Bertz CT molecular complexity index is 513. The fourth-order valence-electron chi connectivity index (χ4n) is 3.15. The minimum atomic E-state index is -0.0770. The van der Waals surface area contributed by atoms with E-state index in [1.807, 2.05) is 18.2 Å². The second-order valence-electron chi connectivity index (χ2n) is 6.29. The first kappa shape index (κ1) is 18.5. The van der Waals surface area contributed by atoms with Crippen molar-refractivity contribution in [1.82, 2.24) is 15.5 Å². The van der Waals surface area contributed by atoms with E-state index < -0.39 is 0 Å². The van der Waals surface area contributed by atoms with E-state index in [2.05, 4.69) is 22.5 Å². The standard InChI is InChI=1S/C19H29N3O2/c1-2-15-22(17-10-13-20-14-11-17)18(23)9-6-12-21-19(24)16-7-4-3-5-8-16/h3-5,7-8,17,20H,2,6,9-15H2,1H3,(H,21,24). The van der Waals surface area contributed by atoms with Gasteiger partial charge in [0.1, 0.15) is 0 Å². The summed E-state index contributed by atoms with van der Waals surface area (Å²) < 4.78 is 0. The van der Waals surface area contributed by atoms with Crippen LogP contribution in [0.2, 0.25) is 0 Å². The molecule has 2 N–H and O–H groups in total. The SMILES string of the molecule is CCCN(C(=O)CCCNC(=O)c1ccccc1)C1CCNCC1. The Kier molecular flexibility index (Phi) is 7.75. The molecular weight excluding hydrogens is 302 g/mol. The Morgan fingerprint density at radius 1 is 1.21 bits per heavy atom. The van der Waals surface area contributed by atoms with Crippen molar-refractivity contribution in [2.45, 2.75) is 45.1 Å². The zero-order chi connectivity index (χ0) is 17.2. The zero-order valence-electron chi connectivity index (χ0n) is 14.6. The van der Waals surface area contributed by atoms with Gasteiger partial charge in [-0.25, -0.2) is 0 Å². The van der Waals surface area contributed by atoms with Gasteiger partial charge in [-0.1, -0.05) is 25.1 Å². The number of benzene rings is 1. The van der Waals surface area contributed by atoms with Gasteiger partial charge in [-0.05, 0) is 50.9 Å². The summed E-state index contributed by atoms with van der Waals surface area (Å²) in [6, 6.07) is 9.54. The highest BCUT2D eigenvalue weighted by Gasteiger charge is 2.24. The summed E-state index contributed by atoms with van der Waals surface area (Å²) in [5.74, 6) is 0.143. The van der Waals surface area contributed by atoms with Gasteiger partial charge in [0.15, 0.2) is 0 Å². The Morgan fingerprint density at radius 3 is 2.58 bits per heavy atom. The lowest BCUT2D eigenvalue weighted by Crippen LogP contribution is -2.46. The lowest BCUT2D eigenvalue weighted by atomic mass is 10.0. The van der Waals surface area contributed by atoms with Crippen LogP contribution in [0.4, 0.5) is 0 Å². The van der Waals surface area contributed by atoms with E-state index in [1.165, 1.54) is 0 Å². The molecule has 0 spiro atoms. The van der Waals surface area contributed by atoms with Gasteiger partial charge in [0.25, 0.3) is 5.91 Å². The highest BCUT2D eigenvalue weighted by atomic mass is 16.2. The number of amides is 2. The number of piperidine rings is 1. The molecule has 1 heterocycles. The third-order valence-corrected chi connectivity index (χ3v) is 4.42. The maximum atomic E-state index is 12.5.